The molecule has 2 heterocycles. The van der Waals surface area contributed by atoms with Crippen molar-refractivity contribution in [2.45, 2.75) is 6.54 Å². The standard InChI is InChI=1S/C10H13ClN4O/c11-7-1-2-9(12)14-8(7)5-15-4-3-13-10(16)6-15/h1-2H,3-6H2,(H2,12,14)(H,13,16). The second kappa shape index (κ2) is 4.67. The Morgan fingerprint density at radius 2 is 2.38 bits per heavy atom. The highest BCUT2D eigenvalue weighted by Crippen LogP contribution is 2.17. The molecular formula is C10H13ClN4O. The normalized spacial score (nSPS) is 17.2. The van der Waals surface area contributed by atoms with Crippen molar-refractivity contribution in [3.05, 3.63) is 22.8 Å². The van der Waals surface area contributed by atoms with Gasteiger partial charge in [-0.25, -0.2) is 4.98 Å². The minimum Gasteiger partial charge on any atom is -0.384 e. The van der Waals surface area contributed by atoms with Crippen LogP contribution in [-0.2, 0) is 11.3 Å². The lowest BCUT2D eigenvalue weighted by Gasteiger charge is -2.26. The molecule has 1 aromatic rings. The van der Waals surface area contributed by atoms with Crippen molar-refractivity contribution in [1.29, 1.82) is 0 Å². The van der Waals surface area contributed by atoms with Gasteiger partial charge in [0.1, 0.15) is 5.82 Å². The van der Waals surface area contributed by atoms with Crippen LogP contribution in [-0.4, -0.2) is 35.4 Å². The lowest BCUT2D eigenvalue weighted by Crippen LogP contribution is -2.47. The van der Waals surface area contributed by atoms with Gasteiger partial charge in [-0.05, 0) is 12.1 Å². The van der Waals surface area contributed by atoms with Crippen LogP contribution in [0, 0.1) is 0 Å². The van der Waals surface area contributed by atoms with Crippen molar-refractivity contribution in [2.24, 2.45) is 0 Å². The summed E-state index contributed by atoms with van der Waals surface area (Å²) < 4.78 is 0. The molecule has 0 saturated carbocycles. The highest BCUT2D eigenvalue weighted by molar-refractivity contribution is 6.31. The molecule has 0 unspecified atom stereocenters. The van der Waals surface area contributed by atoms with E-state index in [1.165, 1.54) is 0 Å². The van der Waals surface area contributed by atoms with Crippen molar-refractivity contribution in [2.75, 3.05) is 25.4 Å². The SMILES string of the molecule is Nc1ccc(Cl)c(CN2CCNC(=O)C2)n1. The fourth-order valence-corrected chi connectivity index (χ4v) is 1.82. The molecule has 2 rings (SSSR count). The Balaban J connectivity index is 2.08. The number of hydrogen-bond donors (Lipinski definition) is 2. The van der Waals surface area contributed by atoms with Crippen molar-refractivity contribution in [3.8, 4) is 0 Å². The Morgan fingerprint density at radius 3 is 3.12 bits per heavy atom. The van der Waals surface area contributed by atoms with Gasteiger partial charge in [-0.1, -0.05) is 11.6 Å². The maximum absolute atomic E-state index is 11.2. The molecule has 1 aliphatic heterocycles. The number of nitrogens with zero attached hydrogens (tertiary/aromatic N) is 2. The Morgan fingerprint density at radius 1 is 1.56 bits per heavy atom. The lowest BCUT2D eigenvalue weighted by molar-refractivity contribution is -0.124. The number of carbonyl (C=O) groups excluding carboxylic acids is 1. The van der Waals surface area contributed by atoms with Gasteiger partial charge in [0.15, 0.2) is 0 Å². The predicted molar refractivity (Wildman–Crippen MR) is 61.9 cm³/mol. The predicted octanol–water partition coefficient (Wildman–Crippen LogP) is 0.249. The second-order valence-corrected chi connectivity index (χ2v) is 4.13. The van der Waals surface area contributed by atoms with Crippen LogP contribution in [0.5, 0.6) is 0 Å². The first-order valence-electron chi connectivity index (χ1n) is 5.05. The number of rotatable bonds is 2. The summed E-state index contributed by atoms with van der Waals surface area (Å²) >= 11 is 6.01. The van der Waals surface area contributed by atoms with Crippen LogP contribution in [0.1, 0.15) is 5.69 Å². The Bertz CT molecular complexity index is 410. The van der Waals surface area contributed by atoms with Crippen molar-refractivity contribution >= 4 is 23.3 Å². The van der Waals surface area contributed by atoms with E-state index in [-0.39, 0.29) is 5.91 Å². The zero-order valence-corrected chi connectivity index (χ0v) is 9.50. The minimum atomic E-state index is 0.0336. The van der Waals surface area contributed by atoms with E-state index in [0.717, 1.165) is 12.2 Å². The molecule has 6 heteroatoms. The molecule has 0 aliphatic carbocycles. The fraction of sp³-hybridized carbons (Fsp3) is 0.400. The molecule has 0 atom stereocenters. The number of halogens is 1. The van der Waals surface area contributed by atoms with Gasteiger partial charge in [-0.2, -0.15) is 0 Å². The molecule has 0 bridgehead atoms. The van der Waals surface area contributed by atoms with Gasteiger partial charge in [0, 0.05) is 19.6 Å². The van der Waals surface area contributed by atoms with E-state index in [1.807, 2.05) is 4.90 Å². The highest BCUT2D eigenvalue weighted by atomic mass is 35.5. The maximum Gasteiger partial charge on any atom is 0.234 e. The Hall–Kier alpha value is -1.33. The summed E-state index contributed by atoms with van der Waals surface area (Å²) in [6, 6.07) is 3.39. The summed E-state index contributed by atoms with van der Waals surface area (Å²) in [5.41, 5.74) is 6.31. The van der Waals surface area contributed by atoms with Gasteiger partial charge in [0.2, 0.25) is 5.91 Å². The van der Waals surface area contributed by atoms with E-state index in [1.54, 1.807) is 12.1 Å². The Kier molecular flexibility index (Phi) is 3.26. The van der Waals surface area contributed by atoms with Crippen LogP contribution in [0.4, 0.5) is 5.82 Å². The number of nitrogen functional groups attached to an aromatic ring is 1. The first kappa shape index (κ1) is 11.2. The number of carbonyl (C=O) groups is 1. The number of hydrogen-bond acceptors (Lipinski definition) is 4. The molecular weight excluding hydrogens is 228 g/mol. The zero-order chi connectivity index (χ0) is 11.5. The first-order chi connectivity index (χ1) is 7.65. The number of anilines is 1. The van der Waals surface area contributed by atoms with Crippen molar-refractivity contribution < 1.29 is 4.79 Å². The highest BCUT2D eigenvalue weighted by Gasteiger charge is 2.17. The summed E-state index contributed by atoms with van der Waals surface area (Å²) in [5.74, 6) is 0.479. The summed E-state index contributed by atoms with van der Waals surface area (Å²) in [6.45, 7) is 2.40. The minimum absolute atomic E-state index is 0.0336. The summed E-state index contributed by atoms with van der Waals surface area (Å²) in [7, 11) is 0. The summed E-state index contributed by atoms with van der Waals surface area (Å²) in [4.78, 5) is 17.3. The van der Waals surface area contributed by atoms with Crippen LogP contribution >= 0.6 is 11.6 Å². The van der Waals surface area contributed by atoms with Gasteiger partial charge in [0.25, 0.3) is 0 Å². The van der Waals surface area contributed by atoms with Crippen LogP contribution in [0.3, 0.4) is 0 Å². The Labute approximate surface area is 98.6 Å². The van der Waals surface area contributed by atoms with E-state index in [9.17, 15) is 4.79 Å². The quantitative estimate of drug-likeness (QED) is 0.778. The third kappa shape index (κ3) is 2.62. The number of nitrogens with one attached hydrogen (secondary N) is 1. The topological polar surface area (TPSA) is 71.2 Å². The fourth-order valence-electron chi connectivity index (χ4n) is 1.65. The number of amides is 1. The molecule has 1 aliphatic rings. The summed E-state index contributed by atoms with van der Waals surface area (Å²) in [5, 5.41) is 3.35. The molecule has 0 radical (unpaired) electrons. The molecule has 0 aromatic carbocycles. The van der Waals surface area contributed by atoms with Crippen LogP contribution in [0.2, 0.25) is 5.02 Å². The third-order valence-corrected chi connectivity index (χ3v) is 2.78. The van der Waals surface area contributed by atoms with E-state index in [0.29, 0.717) is 30.5 Å². The van der Waals surface area contributed by atoms with Gasteiger partial charge in [-0.3, -0.25) is 9.69 Å². The van der Waals surface area contributed by atoms with Crippen molar-refractivity contribution in [1.82, 2.24) is 15.2 Å². The molecule has 1 saturated heterocycles. The van der Waals surface area contributed by atoms with Gasteiger partial charge in [-0.15, -0.1) is 0 Å². The van der Waals surface area contributed by atoms with Crippen LogP contribution in [0.25, 0.3) is 0 Å². The lowest BCUT2D eigenvalue weighted by atomic mass is 10.3. The molecule has 1 amide bonds. The average Bonchev–Trinajstić information content (AvgIpc) is 2.24. The second-order valence-electron chi connectivity index (χ2n) is 3.73. The molecule has 5 nitrogen and oxygen atoms in total. The molecule has 86 valence electrons. The zero-order valence-electron chi connectivity index (χ0n) is 8.74. The number of piperazine rings is 1. The van der Waals surface area contributed by atoms with E-state index in [4.69, 9.17) is 17.3 Å². The van der Waals surface area contributed by atoms with E-state index < -0.39 is 0 Å². The monoisotopic (exact) mass is 240 g/mol. The van der Waals surface area contributed by atoms with Gasteiger partial charge in [0.05, 0.1) is 17.3 Å². The first-order valence-corrected chi connectivity index (χ1v) is 5.43. The van der Waals surface area contributed by atoms with E-state index >= 15 is 0 Å². The third-order valence-electron chi connectivity index (χ3n) is 2.43. The number of aromatic nitrogens is 1. The number of nitrogens with two attached hydrogens (primary N) is 1. The van der Waals surface area contributed by atoms with Gasteiger partial charge < -0.3 is 11.1 Å². The molecule has 3 N–H and O–H groups in total. The van der Waals surface area contributed by atoms with Crippen LogP contribution in [0.15, 0.2) is 12.1 Å². The molecule has 1 aromatic heterocycles. The average molecular weight is 241 g/mol. The van der Waals surface area contributed by atoms with Gasteiger partial charge >= 0.3 is 0 Å². The van der Waals surface area contributed by atoms with Crippen molar-refractivity contribution in [3.63, 3.8) is 0 Å². The molecule has 1 fully saturated rings. The smallest absolute Gasteiger partial charge is 0.234 e. The molecule has 16 heavy (non-hydrogen) atoms. The van der Waals surface area contributed by atoms with E-state index in [2.05, 4.69) is 10.3 Å². The molecule has 0 spiro atoms. The number of pyridine rings is 1. The summed E-state index contributed by atoms with van der Waals surface area (Å²) in [6.07, 6.45) is 0. The maximum atomic E-state index is 11.2. The largest absolute Gasteiger partial charge is 0.384 e. The van der Waals surface area contributed by atoms with Crippen LogP contribution < -0.4 is 11.1 Å².